The first-order valence-electron chi connectivity index (χ1n) is 5.96. The van der Waals surface area contributed by atoms with Crippen LogP contribution in [-0.2, 0) is 4.79 Å². The van der Waals surface area contributed by atoms with Gasteiger partial charge in [0.25, 0.3) is 5.91 Å². The minimum Gasteiger partial charge on any atom is -0.506 e. The molecule has 0 aliphatic rings. The zero-order chi connectivity index (χ0) is 15.9. The molecule has 1 aromatic heterocycles. The number of thioether (sulfide) groups is 1. The Kier molecular flexibility index (Phi) is 6.00. The SMILES string of the molecule is O=C(CSc1ncccn1)NN=Cc1cc(Cl)cc(Cl)c1O. The summed E-state index contributed by atoms with van der Waals surface area (Å²) in [6.07, 6.45) is 4.45. The Hall–Kier alpha value is -1.83. The highest BCUT2D eigenvalue weighted by Crippen LogP contribution is 2.29. The quantitative estimate of drug-likeness (QED) is 0.372. The Morgan fingerprint density at radius 1 is 1.36 bits per heavy atom. The number of carbonyl (C=O) groups excluding carboxylic acids is 1. The summed E-state index contributed by atoms with van der Waals surface area (Å²) < 4.78 is 0. The molecule has 1 heterocycles. The Morgan fingerprint density at radius 2 is 2.09 bits per heavy atom. The predicted octanol–water partition coefficient (Wildman–Crippen LogP) is 2.73. The number of aromatic nitrogens is 2. The monoisotopic (exact) mass is 356 g/mol. The van der Waals surface area contributed by atoms with Crippen LogP contribution in [0.25, 0.3) is 0 Å². The van der Waals surface area contributed by atoms with Gasteiger partial charge in [0.2, 0.25) is 0 Å². The van der Waals surface area contributed by atoms with Crippen LogP contribution in [0.3, 0.4) is 0 Å². The van der Waals surface area contributed by atoms with E-state index >= 15 is 0 Å². The number of hydrazone groups is 1. The molecule has 22 heavy (non-hydrogen) atoms. The van der Waals surface area contributed by atoms with E-state index in [0.717, 1.165) is 0 Å². The molecule has 1 amide bonds. The summed E-state index contributed by atoms with van der Waals surface area (Å²) in [5.74, 6) is -0.374. The van der Waals surface area contributed by atoms with E-state index in [2.05, 4.69) is 20.5 Å². The lowest BCUT2D eigenvalue weighted by molar-refractivity contribution is -0.118. The number of benzene rings is 1. The van der Waals surface area contributed by atoms with Gasteiger partial charge in [-0.2, -0.15) is 5.10 Å². The zero-order valence-electron chi connectivity index (χ0n) is 11.0. The maximum atomic E-state index is 11.6. The molecule has 0 radical (unpaired) electrons. The molecule has 2 aromatic rings. The van der Waals surface area contributed by atoms with Gasteiger partial charge in [0, 0.05) is 23.0 Å². The summed E-state index contributed by atoms with van der Waals surface area (Å²) in [5.41, 5.74) is 2.63. The summed E-state index contributed by atoms with van der Waals surface area (Å²) >= 11 is 12.8. The van der Waals surface area contributed by atoms with Crippen molar-refractivity contribution < 1.29 is 9.90 Å². The van der Waals surface area contributed by atoms with Gasteiger partial charge in [-0.25, -0.2) is 15.4 Å². The number of nitrogens with zero attached hydrogens (tertiary/aromatic N) is 3. The maximum absolute atomic E-state index is 11.6. The first kappa shape index (κ1) is 16.5. The molecule has 6 nitrogen and oxygen atoms in total. The minimum atomic E-state index is -0.332. The average molecular weight is 357 g/mol. The van der Waals surface area contributed by atoms with E-state index in [1.165, 1.54) is 30.1 Å². The van der Waals surface area contributed by atoms with Gasteiger partial charge in [-0.05, 0) is 18.2 Å². The van der Waals surface area contributed by atoms with Crippen LogP contribution in [0.5, 0.6) is 5.75 Å². The fourth-order valence-electron chi connectivity index (χ4n) is 1.38. The lowest BCUT2D eigenvalue weighted by atomic mass is 10.2. The van der Waals surface area contributed by atoms with Crippen LogP contribution in [0.1, 0.15) is 5.56 Å². The molecule has 0 unspecified atom stereocenters. The molecule has 9 heteroatoms. The molecule has 2 N–H and O–H groups in total. The largest absolute Gasteiger partial charge is 0.506 e. The van der Waals surface area contributed by atoms with Gasteiger partial charge in [0.1, 0.15) is 5.75 Å². The third-order valence-corrected chi connectivity index (χ3v) is 3.71. The molecule has 0 aliphatic heterocycles. The number of phenols is 1. The number of hydrogen-bond acceptors (Lipinski definition) is 6. The van der Waals surface area contributed by atoms with E-state index in [4.69, 9.17) is 23.2 Å². The fraction of sp³-hybridized carbons (Fsp3) is 0.0769. The van der Waals surface area contributed by atoms with Gasteiger partial charge in [0.15, 0.2) is 5.16 Å². The lowest BCUT2D eigenvalue weighted by Crippen LogP contribution is -2.19. The standard InChI is InChI=1S/C13H10Cl2N4O2S/c14-9-4-8(12(21)10(15)5-9)6-18-19-11(20)7-22-13-16-2-1-3-17-13/h1-6,21H,7H2,(H,19,20). The van der Waals surface area contributed by atoms with Gasteiger partial charge in [0.05, 0.1) is 17.0 Å². The maximum Gasteiger partial charge on any atom is 0.250 e. The Bertz CT molecular complexity index is 698. The molecule has 114 valence electrons. The second kappa shape index (κ2) is 7.98. The van der Waals surface area contributed by atoms with Crippen molar-refractivity contribution in [2.24, 2.45) is 5.10 Å². The molecule has 0 aliphatic carbocycles. The van der Waals surface area contributed by atoms with E-state index in [0.29, 0.717) is 15.7 Å². The van der Waals surface area contributed by atoms with Crippen molar-refractivity contribution >= 4 is 47.1 Å². The Morgan fingerprint density at radius 3 is 2.82 bits per heavy atom. The number of halogens is 2. The molecule has 0 spiro atoms. The topological polar surface area (TPSA) is 87.5 Å². The Balaban J connectivity index is 1.88. The van der Waals surface area contributed by atoms with Gasteiger partial charge in [-0.3, -0.25) is 4.79 Å². The predicted molar refractivity (Wildman–Crippen MR) is 86.6 cm³/mol. The third-order valence-electron chi connectivity index (χ3n) is 2.32. The number of nitrogens with one attached hydrogen (secondary N) is 1. The van der Waals surface area contributed by atoms with E-state index in [1.807, 2.05) is 0 Å². The van der Waals surface area contributed by atoms with E-state index in [1.54, 1.807) is 18.5 Å². The number of phenolic OH excluding ortho intramolecular Hbond substituents is 1. The molecule has 0 saturated carbocycles. The van der Waals surface area contributed by atoms with Gasteiger partial charge in [-0.15, -0.1) is 0 Å². The second-order valence-electron chi connectivity index (χ2n) is 3.94. The Labute approximate surface area is 140 Å². The van der Waals surface area contributed by atoms with Gasteiger partial charge < -0.3 is 5.11 Å². The van der Waals surface area contributed by atoms with Crippen LogP contribution in [0, 0.1) is 0 Å². The molecule has 0 saturated heterocycles. The minimum absolute atomic E-state index is 0.108. The second-order valence-corrected chi connectivity index (χ2v) is 5.72. The smallest absolute Gasteiger partial charge is 0.250 e. The van der Waals surface area contributed by atoms with Crippen molar-refractivity contribution in [2.45, 2.75) is 5.16 Å². The first-order valence-corrected chi connectivity index (χ1v) is 7.70. The van der Waals surface area contributed by atoms with Crippen molar-refractivity contribution in [3.63, 3.8) is 0 Å². The van der Waals surface area contributed by atoms with E-state index < -0.39 is 0 Å². The summed E-state index contributed by atoms with van der Waals surface area (Å²) in [6, 6.07) is 4.58. The molecular formula is C13H10Cl2N4O2S. The van der Waals surface area contributed by atoms with Crippen molar-refractivity contribution in [2.75, 3.05) is 5.75 Å². The summed E-state index contributed by atoms with van der Waals surface area (Å²) in [5, 5.41) is 14.4. The first-order chi connectivity index (χ1) is 10.6. The van der Waals surface area contributed by atoms with Crippen LogP contribution >= 0.6 is 35.0 Å². The van der Waals surface area contributed by atoms with Crippen LogP contribution in [-0.4, -0.2) is 32.9 Å². The number of rotatable bonds is 5. The number of aromatic hydroxyl groups is 1. The molecule has 0 fully saturated rings. The van der Waals surface area contributed by atoms with Crippen molar-refractivity contribution in [3.05, 3.63) is 46.2 Å². The molecule has 0 bridgehead atoms. The van der Waals surface area contributed by atoms with E-state index in [9.17, 15) is 9.90 Å². The highest BCUT2D eigenvalue weighted by Gasteiger charge is 2.06. The van der Waals surface area contributed by atoms with Crippen LogP contribution < -0.4 is 5.43 Å². The van der Waals surface area contributed by atoms with E-state index in [-0.39, 0.29) is 22.4 Å². The molecular weight excluding hydrogens is 347 g/mol. The van der Waals surface area contributed by atoms with Crippen molar-refractivity contribution in [1.82, 2.24) is 15.4 Å². The summed E-state index contributed by atoms with van der Waals surface area (Å²) in [6.45, 7) is 0. The highest BCUT2D eigenvalue weighted by atomic mass is 35.5. The van der Waals surface area contributed by atoms with Crippen LogP contribution in [0.4, 0.5) is 0 Å². The van der Waals surface area contributed by atoms with Crippen LogP contribution in [0.15, 0.2) is 40.9 Å². The molecule has 0 atom stereocenters. The number of carbonyl (C=O) groups is 1. The normalized spacial score (nSPS) is 10.8. The zero-order valence-corrected chi connectivity index (χ0v) is 13.4. The lowest BCUT2D eigenvalue weighted by Gasteiger charge is -2.02. The van der Waals surface area contributed by atoms with Crippen molar-refractivity contribution in [1.29, 1.82) is 0 Å². The summed E-state index contributed by atoms with van der Waals surface area (Å²) in [7, 11) is 0. The third kappa shape index (κ3) is 4.87. The van der Waals surface area contributed by atoms with Crippen LogP contribution in [0.2, 0.25) is 10.0 Å². The fourth-order valence-corrected chi connectivity index (χ4v) is 2.49. The van der Waals surface area contributed by atoms with Gasteiger partial charge in [-0.1, -0.05) is 35.0 Å². The molecule has 2 rings (SSSR count). The van der Waals surface area contributed by atoms with Gasteiger partial charge >= 0.3 is 0 Å². The number of hydrogen-bond donors (Lipinski definition) is 2. The summed E-state index contributed by atoms with van der Waals surface area (Å²) in [4.78, 5) is 19.6. The average Bonchev–Trinajstić information content (AvgIpc) is 2.51. The highest BCUT2D eigenvalue weighted by molar-refractivity contribution is 7.99. The van der Waals surface area contributed by atoms with Crippen molar-refractivity contribution in [3.8, 4) is 5.75 Å². The molecule has 1 aromatic carbocycles. The number of amides is 1.